The largest absolute Gasteiger partial charge is 0.416 e. The first kappa shape index (κ1) is 60.0. The predicted molar refractivity (Wildman–Crippen MR) is 249 cm³/mol. The summed E-state index contributed by atoms with van der Waals surface area (Å²) in [5, 5.41) is 7.05. The summed E-state index contributed by atoms with van der Waals surface area (Å²) >= 11 is 0. The standard InChI is InChI=1S/C32H12BF24.C22H15N2O/c34-25(35,36)13-1-14(26(37,38)39)6-21(5-13)33(22-7-15(27(40,41)42)2-16(8-22)28(43,44)45,23-9-17(29(46,47)48)3-18(10-23)30(49,50)51)24-11-19(31(52,53)54)4-20(12-24)32(55,56)57;25-20(14-24-12-10-23-11-13-24)18-8-6-17-5-4-15-2-1-3-16-7-9-19(18)22(17)21(15)16/h1-12H;1-13H,14H2/q-1;+1. The first-order chi connectivity index (χ1) is 37.6. The molecule has 0 aliphatic heterocycles. The average Bonchev–Trinajstić information content (AvgIpc) is 0.954. The molecule has 8 aromatic carbocycles. The third-order valence-corrected chi connectivity index (χ3v) is 13.3. The van der Waals surface area contributed by atoms with Gasteiger partial charge in [-0.15, -0.1) is 0 Å². The lowest BCUT2D eigenvalue weighted by Crippen LogP contribution is -2.75. The highest BCUT2D eigenvalue weighted by atomic mass is 19.4. The molecule has 0 amide bonds. The molecule has 0 aliphatic carbocycles. The molecule has 0 aliphatic rings. The Morgan fingerprint density at radius 1 is 0.354 bits per heavy atom. The highest BCUT2D eigenvalue weighted by Gasteiger charge is 2.47. The lowest BCUT2D eigenvalue weighted by atomic mass is 9.12. The number of carbonyl (C=O) groups excluding carboxylic acids is 1. The highest BCUT2D eigenvalue weighted by molar-refractivity contribution is 7.20. The van der Waals surface area contributed by atoms with Gasteiger partial charge in [0.15, 0.2) is 12.4 Å². The molecule has 0 atom stereocenters. The number of carbonyl (C=O) groups is 1. The van der Waals surface area contributed by atoms with Crippen LogP contribution < -0.4 is 26.4 Å². The van der Waals surface area contributed by atoms with E-state index in [-0.39, 0.29) is 5.78 Å². The molecule has 0 radical (unpaired) electrons. The first-order valence-corrected chi connectivity index (χ1v) is 22.9. The molecule has 0 N–H and O–H groups in total. The van der Waals surface area contributed by atoms with Crippen molar-refractivity contribution in [3.05, 3.63) is 202 Å². The smallest absolute Gasteiger partial charge is 0.287 e. The van der Waals surface area contributed by atoms with Crippen molar-refractivity contribution < 1.29 is 115 Å². The van der Waals surface area contributed by atoms with Crippen LogP contribution in [0, 0.1) is 0 Å². The van der Waals surface area contributed by atoms with E-state index in [0.717, 1.165) is 10.9 Å². The van der Waals surface area contributed by atoms with E-state index in [9.17, 15) is 110 Å². The van der Waals surface area contributed by atoms with Crippen molar-refractivity contribution in [2.75, 3.05) is 0 Å². The van der Waals surface area contributed by atoms with E-state index in [1.54, 1.807) is 12.4 Å². The Hall–Kier alpha value is -8.07. The molecule has 28 heteroatoms. The van der Waals surface area contributed by atoms with Gasteiger partial charge >= 0.3 is 49.4 Å². The van der Waals surface area contributed by atoms with Gasteiger partial charge in [0, 0.05) is 5.56 Å². The number of hydrogen-bond acceptors (Lipinski definition) is 2. The molecular weight excluding hydrogens is 1160 g/mol. The summed E-state index contributed by atoms with van der Waals surface area (Å²) in [5.74, 6) is 0.106. The maximum absolute atomic E-state index is 14.2. The average molecular weight is 1190 g/mol. The van der Waals surface area contributed by atoms with E-state index >= 15 is 0 Å². The van der Waals surface area contributed by atoms with E-state index in [4.69, 9.17) is 0 Å². The predicted octanol–water partition coefficient (Wildman–Crippen LogP) is 15.4. The second kappa shape index (κ2) is 20.4. The minimum Gasteiger partial charge on any atom is -0.287 e. The second-order valence-corrected chi connectivity index (χ2v) is 18.5. The summed E-state index contributed by atoms with van der Waals surface area (Å²) in [6.07, 6.45) is -47.8. The monoisotopic (exact) mass is 1190 g/mol. The molecule has 1 aromatic heterocycles. The van der Waals surface area contributed by atoms with Crippen molar-refractivity contribution in [1.82, 2.24) is 4.98 Å². The summed E-state index contributed by atoms with van der Waals surface area (Å²) < 4.78 is 343. The summed E-state index contributed by atoms with van der Waals surface area (Å²) in [6.45, 7) is 0.312. The van der Waals surface area contributed by atoms with Gasteiger partial charge in [-0.1, -0.05) is 97.1 Å². The molecule has 0 fully saturated rings. The van der Waals surface area contributed by atoms with Gasteiger partial charge in [0.25, 0.3) is 0 Å². The molecule has 0 saturated heterocycles. The van der Waals surface area contributed by atoms with Gasteiger partial charge in [0.1, 0.15) is 6.15 Å². The maximum atomic E-state index is 14.2. The first-order valence-electron chi connectivity index (χ1n) is 22.9. The van der Waals surface area contributed by atoms with E-state index in [2.05, 4.69) is 53.5 Å². The second-order valence-electron chi connectivity index (χ2n) is 18.5. The van der Waals surface area contributed by atoms with Crippen LogP contribution >= 0.6 is 0 Å². The van der Waals surface area contributed by atoms with Crippen LogP contribution in [0.25, 0.3) is 32.3 Å². The van der Waals surface area contributed by atoms with Gasteiger partial charge in [0.05, 0.1) is 56.9 Å². The van der Waals surface area contributed by atoms with Gasteiger partial charge in [-0.05, 0) is 62.6 Å². The molecule has 0 bridgehead atoms. The molecular formula is C54H27BF24N2O. The van der Waals surface area contributed by atoms with Gasteiger partial charge in [0.2, 0.25) is 12.3 Å². The number of ketones is 1. The molecule has 3 nitrogen and oxygen atoms in total. The van der Waals surface area contributed by atoms with Gasteiger partial charge < -0.3 is 0 Å². The van der Waals surface area contributed by atoms with Crippen LogP contribution in [0.2, 0.25) is 0 Å². The molecule has 1 heterocycles. The van der Waals surface area contributed by atoms with Crippen molar-refractivity contribution in [2.24, 2.45) is 0 Å². The number of hydrogen-bond donors (Lipinski definition) is 0. The van der Waals surface area contributed by atoms with Crippen LogP contribution in [0.3, 0.4) is 0 Å². The lowest BCUT2D eigenvalue weighted by Gasteiger charge is -2.46. The summed E-state index contributed by atoms with van der Waals surface area (Å²) in [5.41, 5.74) is -29.4. The third-order valence-electron chi connectivity index (χ3n) is 13.3. The summed E-state index contributed by atoms with van der Waals surface area (Å²) in [7, 11) is 0. The van der Waals surface area contributed by atoms with Crippen LogP contribution in [0.1, 0.15) is 54.9 Å². The van der Waals surface area contributed by atoms with Crippen molar-refractivity contribution in [3.8, 4) is 0 Å². The zero-order valence-corrected chi connectivity index (χ0v) is 40.1. The normalized spacial score (nSPS) is 13.5. The van der Waals surface area contributed by atoms with Gasteiger partial charge in [-0.3, -0.25) is 9.78 Å². The van der Waals surface area contributed by atoms with Crippen LogP contribution in [0.15, 0.2) is 152 Å². The molecule has 9 aromatic rings. The van der Waals surface area contributed by atoms with E-state index in [1.807, 2.05) is 23.0 Å². The molecule has 0 saturated carbocycles. The number of alkyl halides is 24. The SMILES string of the molecule is FC(F)(F)c1cc([B-](c2cc(C(F)(F)F)cc(C(F)(F)F)c2)(c2cc(C(F)(F)F)cc(C(F)(F)F)c2)c2cc(C(F)(F)F)cc(C(F)(F)F)c2)cc(C(F)(F)F)c1.O=C(C[n+]1ccncc1)c1ccc2ccc3cccc4ccc1c2c34. The van der Waals surface area contributed by atoms with Crippen molar-refractivity contribution in [2.45, 2.75) is 56.0 Å². The summed E-state index contributed by atoms with van der Waals surface area (Å²) in [6, 6.07) is 10.0. The Morgan fingerprint density at radius 3 is 0.915 bits per heavy atom. The zero-order valence-electron chi connectivity index (χ0n) is 40.1. The van der Waals surface area contributed by atoms with E-state index in [1.165, 1.54) is 26.9 Å². The maximum Gasteiger partial charge on any atom is 0.416 e. The Morgan fingerprint density at radius 2 is 0.622 bits per heavy atom. The summed E-state index contributed by atoms with van der Waals surface area (Å²) in [4.78, 5) is 16.9. The van der Waals surface area contributed by atoms with E-state index < -0.39 is 195 Å². The van der Waals surface area contributed by atoms with Crippen molar-refractivity contribution in [1.29, 1.82) is 0 Å². The van der Waals surface area contributed by atoms with Crippen LogP contribution in [0.4, 0.5) is 105 Å². The molecule has 0 unspecified atom stereocenters. The van der Waals surface area contributed by atoms with Gasteiger partial charge in [-0.25, -0.2) is 0 Å². The Kier molecular flexibility index (Phi) is 15.0. The highest BCUT2D eigenvalue weighted by Crippen LogP contribution is 2.42. The van der Waals surface area contributed by atoms with Crippen molar-refractivity contribution >= 4 is 66.1 Å². The topological polar surface area (TPSA) is 33.8 Å². The van der Waals surface area contributed by atoms with Crippen LogP contribution in [-0.4, -0.2) is 16.9 Å². The minimum absolute atomic E-state index is 0.106. The zero-order chi connectivity index (χ0) is 60.7. The number of nitrogens with zero attached hydrogens (tertiary/aromatic N) is 2. The fourth-order valence-corrected chi connectivity index (χ4v) is 9.75. The number of benzene rings is 8. The molecule has 82 heavy (non-hydrogen) atoms. The number of rotatable bonds is 7. The fourth-order valence-electron chi connectivity index (χ4n) is 9.75. The van der Waals surface area contributed by atoms with Crippen LogP contribution in [-0.2, 0) is 56.0 Å². The number of Topliss-reactive ketones (excluding diaryl/α,β-unsaturated/α-hetero) is 1. The molecule has 9 rings (SSSR count). The Bertz CT molecular complexity index is 3420. The third kappa shape index (κ3) is 12.1. The quantitative estimate of drug-likeness (QED) is 0.0524. The lowest BCUT2D eigenvalue weighted by molar-refractivity contribution is -0.683. The van der Waals surface area contributed by atoms with E-state index in [0.29, 0.717) is 6.54 Å². The number of aromatic nitrogens is 2. The Balaban J connectivity index is 0.000000288. The van der Waals surface area contributed by atoms with Gasteiger partial charge in [-0.2, -0.15) is 132 Å². The molecule has 430 valence electrons. The fraction of sp³-hybridized carbons (Fsp3) is 0.167. The number of halogens is 24. The van der Waals surface area contributed by atoms with Crippen molar-refractivity contribution in [3.63, 3.8) is 0 Å². The molecule has 0 spiro atoms. The minimum atomic E-state index is -6.13. The Labute approximate surface area is 443 Å². The van der Waals surface area contributed by atoms with Crippen LogP contribution in [0.5, 0.6) is 0 Å².